The Balaban J connectivity index is 4.22. The van der Waals surface area contributed by atoms with Gasteiger partial charge in [0.2, 0.25) is 5.96 Å². The number of hydrogen-bond donors (Lipinski definition) is 3. The summed E-state index contributed by atoms with van der Waals surface area (Å²) in [6.07, 6.45) is 0. The average Bonchev–Trinajstić information content (AvgIpc) is 2.32. The van der Waals surface area contributed by atoms with Crippen molar-refractivity contribution >= 4 is 5.96 Å². The van der Waals surface area contributed by atoms with Crippen LogP contribution in [-0.4, -0.2) is 45.5 Å². The van der Waals surface area contributed by atoms with Crippen LogP contribution in [-0.2, 0) is 9.47 Å². The Morgan fingerprint density at radius 1 is 1.41 bits per heavy atom. The van der Waals surface area contributed by atoms with Crippen LogP contribution in [0.4, 0.5) is 0 Å². The summed E-state index contributed by atoms with van der Waals surface area (Å²) in [6, 6.07) is 0.187. The molecule has 6 nitrogen and oxygen atoms in total. The molecule has 102 valence electrons. The molecular weight excluding hydrogens is 220 g/mol. The Hall–Kier alpha value is -0.850. The van der Waals surface area contributed by atoms with Crippen molar-refractivity contribution in [2.45, 2.75) is 26.8 Å². The zero-order valence-electron chi connectivity index (χ0n) is 11.3. The average molecular weight is 246 g/mol. The maximum atomic E-state index is 5.42. The highest BCUT2D eigenvalue weighted by molar-refractivity contribution is 5.79. The van der Waals surface area contributed by atoms with Crippen LogP contribution in [0.1, 0.15) is 20.8 Å². The summed E-state index contributed by atoms with van der Waals surface area (Å²) >= 11 is 0. The van der Waals surface area contributed by atoms with Crippen molar-refractivity contribution in [3.63, 3.8) is 0 Å². The van der Waals surface area contributed by atoms with Crippen molar-refractivity contribution in [1.29, 1.82) is 0 Å². The molecule has 0 aromatic heterocycles. The fraction of sp³-hybridized carbons (Fsp3) is 0.909. The number of ether oxygens (including phenoxy) is 2. The molecule has 0 aromatic rings. The Kier molecular flexibility index (Phi) is 9.80. The third-order valence-electron chi connectivity index (χ3n) is 2.33. The molecule has 0 saturated heterocycles. The fourth-order valence-electron chi connectivity index (χ4n) is 1.20. The summed E-state index contributed by atoms with van der Waals surface area (Å²) in [5.74, 6) is 6.41. The second-order valence-corrected chi connectivity index (χ2v) is 4.02. The zero-order chi connectivity index (χ0) is 13.1. The van der Waals surface area contributed by atoms with E-state index in [4.69, 9.17) is 15.3 Å². The van der Waals surface area contributed by atoms with Crippen LogP contribution in [0.2, 0.25) is 0 Å². The van der Waals surface area contributed by atoms with Crippen molar-refractivity contribution in [2.24, 2.45) is 16.8 Å². The van der Waals surface area contributed by atoms with Gasteiger partial charge in [-0.15, -0.1) is 0 Å². The number of hydrogen-bond acceptors (Lipinski definition) is 4. The van der Waals surface area contributed by atoms with Crippen LogP contribution in [0.15, 0.2) is 4.99 Å². The molecule has 6 heteroatoms. The smallest absolute Gasteiger partial charge is 0.206 e. The molecule has 0 heterocycles. The van der Waals surface area contributed by atoms with E-state index < -0.39 is 0 Å². The number of hydrazine groups is 1. The fourth-order valence-corrected chi connectivity index (χ4v) is 1.20. The molecule has 0 spiro atoms. The van der Waals surface area contributed by atoms with Crippen LogP contribution in [0.25, 0.3) is 0 Å². The highest BCUT2D eigenvalue weighted by Crippen LogP contribution is 2.02. The van der Waals surface area contributed by atoms with Gasteiger partial charge >= 0.3 is 0 Å². The molecule has 0 aliphatic rings. The van der Waals surface area contributed by atoms with Crippen molar-refractivity contribution < 1.29 is 9.47 Å². The summed E-state index contributed by atoms with van der Waals surface area (Å²) in [5, 5.41) is 3.23. The number of methoxy groups -OCH3 is 1. The lowest BCUT2D eigenvalue weighted by molar-refractivity contribution is 0.114. The number of rotatable bonds is 8. The van der Waals surface area contributed by atoms with Crippen molar-refractivity contribution in [3.8, 4) is 0 Å². The first-order valence-electron chi connectivity index (χ1n) is 5.99. The minimum absolute atomic E-state index is 0.187. The van der Waals surface area contributed by atoms with Gasteiger partial charge in [0.15, 0.2) is 0 Å². The monoisotopic (exact) mass is 246 g/mol. The maximum Gasteiger partial charge on any atom is 0.206 e. The number of nitrogens with one attached hydrogen (secondary N) is 2. The molecule has 0 aliphatic carbocycles. The van der Waals surface area contributed by atoms with E-state index in [1.807, 2.05) is 6.92 Å². The largest absolute Gasteiger partial charge is 0.383 e. The van der Waals surface area contributed by atoms with E-state index in [2.05, 4.69) is 29.6 Å². The summed E-state index contributed by atoms with van der Waals surface area (Å²) in [4.78, 5) is 4.25. The van der Waals surface area contributed by atoms with Gasteiger partial charge in [-0.3, -0.25) is 5.43 Å². The lowest BCUT2D eigenvalue weighted by atomic mass is 10.1. The van der Waals surface area contributed by atoms with Crippen LogP contribution in [0, 0.1) is 5.92 Å². The molecule has 0 saturated carbocycles. The van der Waals surface area contributed by atoms with Gasteiger partial charge in [-0.25, -0.2) is 10.8 Å². The van der Waals surface area contributed by atoms with Gasteiger partial charge in [-0.05, 0) is 12.8 Å². The molecule has 1 atom stereocenters. The quantitative estimate of drug-likeness (QED) is 0.186. The summed E-state index contributed by atoms with van der Waals surface area (Å²) in [5.41, 5.74) is 2.55. The minimum Gasteiger partial charge on any atom is -0.383 e. The van der Waals surface area contributed by atoms with Gasteiger partial charge in [0.1, 0.15) is 0 Å². The molecule has 0 rings (SSSR count). The van der Waals surface area contributed by atoms with Crippen LogP contribution < -0.4 is 16.6 Å². The SMILES string of the molecule is CCOCC(NC(=NCCOC)NN)C(C)C. The molecule has 17 heavy (non-hydrogen) atoms. The molecule has 0 bridgehead atoms. The number of nitrogens with zero attached hydrogens (tertiary/aromatic N) is 1. The molecule has 0 radical (unpaired) electrons. The Morgan fingerprint density at radius 2 is 2.12 bits per heavy atom. The van der Waals surface area contributed by atoms with E-state index in [1.165, 1.54) is 0 Å². The highest BCUT2D eigenvalue weighted by Gasteiger charge is 2.14. The third kappa shape index (κ3) is 7.95. The van der Waals surface area contributed by atoms with E-state index in [0.717, 1.165) is 0 Å². The Morgan fingerprint density at radius 3 is 2.59 bits per heavy atom. The van der Waals surface area contributed by atoms with Gasteiger partial charge in [0.25, 0.3) is 0 Å². The normalized spacial score (nSPS) is 13.9. The number of nitrogens with two attached hydrogens (primary N) is 1. The lowest BCUT2D eigenvalue weighted by Crippen LogP contribution is -2.50. The van der Waals surface area contributed by atoms with Gasteiger partial charge in [-0.1, -0.05) is 13.8 Å². The predicted molar refractivity (Wildman–Crippen MR) is 69.8 cm³/mol. The standard InChI is InChI=1S/C11H26N4O2/c1-5-17-8-10(9(2)3)14-11(15-12)13-6-7-16-4/h9-10H,5-8,12H2,1-4H3,(H2,13,14,15). The summed E-state index contributed by atoms with van der Waals surface area (Å²) in [7, 11) is 1.64. The zero-order valence-corrected chi connectivity index (χ0v) is 11.3. The van der Waals surface area contributed by atoms with Crippen molar-refractivity contribution in [2.75, 3.05) is 33.5 Å². The summed E-state index contributed by atoms with van der Waals surface area (Å²) < 4.78 is 10.3. The first-order chi connectivity index (χ1) is 8.15. The minimum atomic E-state index is 0.187. The molecule has 0 amide bonds. The van der Waals surface area contributed by atoms with Gasteiger partial charge in [0.05, 0.1) is 25.8 Å². The van der Waals surface area contributed by atoms with E-state index in [0.29, 0.717) is 38.2 Å². The second-order valence-electron chi connectivity index (χ2n) is 4.02. The second kappa shape index (κ2) is 10.3. The Labute approximate surface area is 104 Å². The van der Waals surface area contributed by atoms with E-state index in [1.54, 1.807) is 7.11 Å². The van der Waals surface area contributed by atoms with Crippen molar-refractivity contribution in [1.82, 2.24) is 10.7 Å². The molecule has 0 aliphatic heterocycles. The highest BCUT2D eigenvalue weighted by atomic mass is 16.5. The molecule has 0 aromatic carbocycles. The number of guanidine groups is 1. The van der Waals surface area contributed by atoms with Crippen LogP contribution in [0.3, 0.4) is 0 Å². The Bertz CT molecular complexity index is 210. The van der Waals surface area contributed by atoms with Crippen molar-refractivity contribution in [3.05, 3.63) is 0 Å². The van der Waals surface area contributed by atoms with Gasteiger partial charge in [0, 0.05) is 13.7 Å². The van der Waals surface area contributed by atoms with E-state index in [-0.39, 0.29) is 6.04 Å². The molecule has 0 fully saturated rings. The maximum absolute atomic E-state index is 5.42. The topological polar surface area (TPSA) is 80.9 Å². The summed E-state index contributed by atoms with van der Waals surface area (Å²) in [6.45, 7) is 8.72. The molecular formula is C11H26N4O2. The van der Waals surface area contributed by atoms with Gasteiger partial charge in [-0.2, -0.15) is 0 Å². The first kappa shape index (κ1) is 16.1. The third-order valence-corrected chi connectivity index (χ3v) is 2.33. The van der Waals surface area contributed by atoms with E-state index in [9.17, 15) is 0 Å². The van der Waals surface area contributed by atoms with Crippen LogP contribution in [0.5, 0.6) is 0 Å². The van der Waals surface area contributed by atoms with E-state index >= 15 is 0 Å². The first-order valence-corrected chi connectivity index (χ1v) is 5.99. The van der Waals surface area contributed by atoms with Crippen LogP contribution >= 0.6 is 0 Å². The predicted octanol–water partition coefficient (Wildman–Crippen LogP) is 0.103. The molecule has 4 N–H and O–H groups in total. The number of aliphatic imine (C=N–C) groups is 1. The molecule has 1 unspecified atom stereocenters. The lowest BCUT2D eigenvalue weighted by Gasteiger charge is -2.23. The van der Waals surface area contributed by atoms with Gasteiger partial charge < -0.3 is 14.8 Å².